The van der Waals surface area contributed by atoms with Crippen LogP contribution in [-0.2, 0) is 15.8 Å². The van der Waals surface area contributed by atoms with Gasteiger partial charge in [-0.05, 0) is 40.6 Å². The van der Waals surface area contributed by atoms with Crippen LogP contribution in [0.4, 0.5) is 18.9 Å². The fraction of sp³-hybridized carbons (Fsp3) is 0.200. The topological polar surface area (TPSA) is 78.4 Å². The number of carbonyl (C=O) groups excluding carboxylic acids is 2. The van der Waals surface area contributed by atoms with Gasteiger partial charge in [0.1, 0.15) is 0 Å². The van der Waals surface area contributed by atoms with E-state index in [9.17, 15) is 27.9 Å². The Labute approximate surface area is 139 Å². The van der Waals surface area contributed by atoms with E-state index in [1.54, 1.807) is 16.8 Å². The van der Waals surface area contributed by atoms with E-state index < -0.39 is 29.7 Å². The second kappa shape index (κ2) is 7.45. The molecule has 0 spiro atoms. The normalized spacial score (nSPS) is 12.5. The van der Waals surface area contributed by atoms with Crippen molar-refractivity contribution in [1.82, 2.24) is 5.32 Å². The third-order valence-electron chi connectivity index (χ3n) is 3.04. The molecule has 24 heavy (non-hydrogen) atoms. The van der Waals surface area contributed by atoms with Crippen LogP contribution in [0.25, 0.3) is 0 Å². The van der Waals surface area contributed by atoms with E-state index in [1.165, 1.54) is 17.4 Å². The van der Waals surface area contributed by atoms with Crippen molar-refractivity contribution in [2.75, 3.05) is 11.9 Å². The lowest BCUT2D eigenvalue weighted by atomic mass is 10.2. The summed E-state index contributed by atoms with van der Waals surface area (Å²) in [7, 11) is 0. The van der Waals surface area contributed by atoms with Gasteiger partial charge in [0, 0.05) is 12.2 Å². The lowest BCUT2D eigenvalue weighted by molar-refractivity contribution is -0.137. The molecule has 0 saturated heterocycles. The number of benzene rings is 1. The first-order chi connectivity index (χ1) is 11.3. The molecule has 0 aliphatic heterocycles. The standard InChI is InChI=1S/C15H13F3N2O3S/c16-15(17,18)10-2-1-3-11(6-10)20-14(23)13(22)19-7-12(21)9-4-5-24-8-9/h1-6,8,12,21H,7H2,(H,19,22)(H,20,23). The SMILES string of the molecule is O=C(NCC(O)c1ccsc1)C(=O)Nc1cccc(C(F)(F)F)c1. The zero-order valence-corrected chi connectivity index (χ0v) is 12.9. The number of aliphatic hydroxyl groups excluding tert-OH is 1. The fourth-order valence-electron chi connectivity index (χ4n) is 1.81. The number of thiophene rings is 1. The Hall–Kier alpha value is -2.39. The molecule has 0 bridgehead atoms. The Bertz CT molecular complexity index is 717. The van der Waals surface area contributed by atoms with E-state index in [-0.39, 0.29) is 12.2 Å². The molecule has 3 N–H and O–H groups in total. The van der Waals surface area contributed by atoms with Crippen LogP contribution in [-0.4, -0.2) is 23.5 Å². The quantitative estimate of drug-likeness (QED) is 0.735. The lowest BCUT2D eigenvalue weighted by Crippen LogP contribution is -2.37. The first-order valence-corrected chi connectivity index (χ1v) is 7.68. The van der Waals surface area contributed by atoms with E-state index >= 15 is 0 Å². The average Bonchev–Trinajstić information content (AvgIpc) is 3.06. The van der Waals surface area contributed by atoms with Crippen molar-refractivity contribution in [2.45, 2.75) is 12.3 Å². The van der Waals surface area contributed by atoms with Gasteiger partial charge >= 0.3 is 18.0 Å². The predicted octanol–water partition coefficient (Wildman–Crippen LogP) is 2.56. The Morgan fingerprint density at radius 1 is 1.21 bits per heavy atom. The number of halogens is 3. The molecular weight excluding hydrogens is 345 g/mol. The maximum atomic E-state index is 12.6. The summed E-state index contributed by atoms with van der Waals surface area (Å²) in [4.78, 5) is 23.3. The van der Waals surface area contributed by atoms with Gasteiger partial charge in [0.25, 0.3) is 0 Å². The summed E-state index contributed by atoms with van der Waals surface area (Å²) in [6, 6.07) is 5.61. The minimum Gasteiger partial charge on any atom is -0.387 e. The molecule has 1 unspecified atom stereocenters. The molecule has 1 aromatic carbocycles. The highest BCUT2D eigenvalue weighted by Gasteiger charge is 2.30. The molecule has 1 atom stereocenters. The Morgan fingerprint density at radius 3 is 2.58 bits per heavy atom. The zero-order valence-electron chi connectivity index (χ0n) is 12.1. The Kier molecular flexibility index (Phi) is 5.58. The number of alkyl halides is 3. The van der Waals surface area contributed by atoms with Crippen LogP contribution < -0.4 is 10.6 Å². The van der Waals surface area contributed by atoms with Gasteiger partial charge in [0.2, 0.25) is 0 Å². The molecule has 0 saturated carbocycles. The largest absolute Gasteiger partial charge is 0.416 e. The van der Waals surface area contributed by atoms with Crippen molar-refractivity contribution in [1.29, 1.82) is 0 Å². The number of anilines is 1. The van der Waals surface area contributed by atoms with Crippen LogP contribution >= 0.6 is 11.3 Å². The highest BCUT2D eigenvalue weighted by molar-refractivity contribution is 7.07. The van der Waals surface area contributed by atoms with Crippen LogP contribution in [0.15, 0.2) is 41.1 Å². The van der Waals surface area contributed by atoms with Crippen molar-refractivity contribution in [2.24, 2.45) is 0 Å². The number of rotatable bonds is 4. The lowest BCUT2D eigenvalue weighted by Gasteiger charge is -2.11. The second-order valence-corrected chi connectivity index (χ2v) is 5.60. The molecule has 0 aliphatic carbocycles. The third-order valence-corrected chi connectivity index (χ3v) is 3.74. The molecule has 5 nitrogen and oxygen atoms in total. The Balaban J connectivity index is 1.91. The van der Waals surface area contributed by atoms with Gasteiger partial charge in [0.05, 0.1) is 11.7 Å². The van der Waals surface area contributed by atoms with Gasteiger partial charge in [-0.1, -0.05) is 6.07 Å². The second-order valence-electron chi connectivity index (χ2n) is 4.82. The van der Waals surface area contributed by atoms with E-state index in [4.69, 9.17) is 0 Å². The van der Waals surface area contributed by atoms with Crippen molar-refractivity contribution in [3.63, 3.8) is 0 Å². The summed E-state index contributed by atoms with van der Waals surface area (Å²) >= 11 is 1.37. The summed E-state index contributed by atoms with van der Waals surface area (Å²) in [6.45, 7) is -0.189. The van der Waals surface area contributed by atoms with Gasteiger partial charge in [0.15, 0.2) is 0 Å². The van der Waals surface area contributed by atoms with E-state index in [1.807, 2.05) is 0 Å². The first-order valence-electron chi connectivity index (χ1n) is 6.74. The monoisotopic (exact) mass is 358 g/mol. The van der Waals surface area contributed by atoms with Crippen molar-refractivity contribution in [3.05, 3.63) is 52.2 Å². The van der Waals surface area contributed by atoms with Gasteiger partial charge in [-0.3, -0.25) is 9.59 Å². The van der Waals surface area contributed by atoms with Crippen LogP contribution in [0, 0.1) is 0 Å². The van der Waals surface area contributed by atoms with Gasteiger partial charge < -0.3 is 15.7 Å². The van der Waals surface area contributed by atoms with Crippen molar-refractivity contribution < 1.29 is 27.9 Å². The van der Waals surface area contributed by atoms with Gasteiger partial charge in [-0.25, -0.2) is 0 Å². The zero-order chi connectivity index (χ0) is 17.7. The number of nitrogens with one attached hydrogen (secondary N) is 2. The number of hydrogen-bond acceptors (Lipinski definition) is 4. The molecule has 1 aromatic heterocycles. The van der Waals surface area contributed by atoms with Gasteiger partial charge in [-0.15, -0.1) is 0 Å². The summed E-state index contributed by atoms with van der Waals surface area (Å²) in [5, 5.41) is 17.5. The molecule has 9 heteroatoms. The molecule has 128 valence electrons. The maximum Gasteiger partial charge on any atom is 0.416 e. The van der Waals surface area contributed by atoms with Crippen LogP contribution in [0.1, 0.15) is 17.2 Å². The minimum absolute atomic E-state index is 0.150. The summed E-state index contributed by atoms with van der Waals surface area (Å²) in [5.41, 5.74) is -0.490. The highest BCUT2D eigenvalue weighted by atomic mass is 32.1. The highest BCUT2D eigenvalue weighted by Crippen LogP contribution is 2.30. The molecule has 0 radical (unpaired) electrons. The predicted molar refractivity (Wildman–Crippen MR) is 82.4 cm³/mol. The van der Waals surface area contributed by atoms with E-state index in [0.717, 1.165) is 18.2 Å². The summed E-state index contributed by atoms with van der Waals surface area (Å²) in [6.07, 6.45) is -5.52. The number of hydrogen-bond donors (Lipinski definition) is 3. The average molecular weight is 358 g/mol. The van der Waals surface area contributed by atoms with Gasteiger partial charge in [-0.2, -0.15) is 24.5 Å². The molecule has 0 fully saturated rings. The van der Waals surface area contributed by atoms with Crippen LogP contribution in [0.3, 0.4) is 0 Å². The van der Waals surface area contributed by atoms with Crippen LogP contribution in [0.2, 0.25) is 0 Å². The summed E-state index contributed by atoms with van der Waals surface area (Å²) in [5.74, 6) is -2.17. The number of amides is 2. The molecule has 2 rings (SSSR count). The number of carbonyl (C=O) groups is 2. The Morgan fingerprint density at radius 2 is 1.96 bits per heavy atom. The van der Waals surface area contributed by atoms with E-state index in [0.29, 0.717) is 5.56 Å². The summed E-state index contributed by atoms with van der Waals surface area (Å²) < 4.78 is 37.8. The molecule has 1 heterocycles. The molecule has 2 amide bonds. The smallest absolute Gasteiger partial charge is 0.387 e. The third kappa shape index (κ3) is 4.80. The molecule has 2 aromatic rings. The first kappa shape index (κ1) is 18.0. The van der Waals surface area contributed by atoms with Crippen LogP contribution in [0.5, 0.6) is 0 Å². The number of aliphatic hydroxyl groups is 1. The molecule has 0 aliphatic rings. The van der Waals surface area contributed by atoms with Crippen molar-refractivity contribution in [3.8, 4) is 0 Å². The molecular formula is C15H13F3N2O3S. The minimum atomic E-state index is -4.55. The fourth-order valence-corrected chi connectivity index (χ4v) is 2.52. The van der Waals surface area contributed by atoms with Crippen molar-refractivity contribution >= 4 is 28.8 Å². The maximum absolute atomic E-state index is 12.6. The van der Waals surface area contributed by atoms with E-state index in [2.05, 4.69) is 10.6 Å².